The van der Waals surface area contributed by atoms with Gasteiger partial charge >= 0.3 is 11.9 Å². The molecule has 0 aliphatic rings. The molecular weight excluding hydrogens is 775 g/mol. The maximum Gasteiger partial charge on any atom is 0.306 e. The molecular formula is C54H93NO7. The van der Waals surface area contributed by atoms with Gasteiger partial charge in [-0.25, -0.2) is 0 Å². The predicted octanol–water partition coefficient (Wildman–Crippen LogP) is 13.0. The zero-order chi connectivity index (χ0) is 45.6. The second-order valence-electron chi connectivity index (χ2n) is 17.7. The van der Waals surface area contributed by atoms with Crippen LogP contribution in [0.15, 0.2) is 72.9 Å². The van der Waals surface area contributed by atoms with E-state index in [1.807, 2.05) is 0 Å². The zero-order valence-corrected chi connectivity index (χ0v) is 40.5. The Balaban J connectivity index is 4.34. The molecule has 0 saturated carbocycles. The molecule has 0 heterocycles. The minimum atomic E-state index is -1.13. The van der Waals surface area contributed by atoms with Crippen molar-refractivity contribution in [2.75, 3.05) is 41.0 Å². The van der Waals surface area contributed by atoms with Gasteiger partial charge in [0.15, 0.2) is 6.10 Å². The molecule has 8 heteroatoms. The summed E-state index contributed by atoms with van der Waals surface area (Å²) in [5.41, 5.74) is 0. The maximum absolute atomic E-state index is 12.8. The molecule has 0 bridgehead atoms. The van der Waals surface area contributed by atoms with E-state index in [2.05, 4.69) is 86.8 Å². The standard InChI is InChI=1S/C54H93NO7/c1-6-8-10-12-14-16-18-20-22-24-26-28-30-32-34-36-38-40-42-44-52(56)61-49-50(48-60-47-46-51(54(58)59)55(3,4)5)62-53(57)45-43-41-39-37-35-33-31-29-27-25-23-21-19-17-15-13-11-9-7-2/h9,11,15,17,20-23,27,29,33,35,50-51H,6-8,10,12-14,16,18-19,24-26,28,30-32,34,36-49H2,1-5H3/b11-9-,17-15-,22-20-,23-21-,29-27-,35-33-. The molecule has 0 N–H and O–H groups in total. The third-order valence-corrected chi connectivity index (χ3v) is 10.8. The van der Waals surface area contributed by atoms with Crippen molar-refractivity contribution in [2.45, 2.75) is 212 Å². The number of rotatable bonds is 44. The van der Waals surface area contributed by atoms with Crippen LogP contribution < -0.4 is 5.11 Å². The molecule has 356 valence electrons. The lowest BCUT2D eigenvalue weighted by atomic mass is 10.1. The van der Waals surface area contributed by atoms with Gasteiger partial charge in [-0.3, -0.25) is 9.59 Å². The Morgan fingerprint density at radius 1 is 0.500 bits per heavy atom. The van der Waals surface area contributed by atoms with Gasteiger partial charge in [0.1, 0.15) is 12.6 Å². The number of esters is 2. The van der Waals surface area contributed by atoms with Gasteiger partial charge in [0.2, 0.25) is 0 Å². The van der Waals surface area contributed by atoms with E-state index in [0.29, 0.717) is 12.8 Å². The number of allylic oxidation sites excluding steroid dienone is 12. The van der Waals surface area contributed by atoms with Gasteiger partial charge in [-0.05, 0) is 83.5 Å². The normalized spacial score (nSPS) is 13.5. The van der Waals surface area contributed by atoms with Crippen LogP contribution in [0.1, 0.15) is 200 Å². The van der Waals surface area contributed by atoms with Crippen LogP contribution in [-0.2, 0) is 28.6 Å². The number of carboxylic acids is 1. The largest absolute Gasteiger partial charge is 0.544 e. The summed E-state index contributed by atoms with van der Waals surface area (Å²) >= 11 is 0. The number of ether oxygens (including phenoxy) is 3. The number of hydrogen-bond acceptors (Lipinski definition) is 7. The molecule has 0 saturated heterocycles. The van der Waals surface area contributed by atoms with Crippen molar-refractivity contribution >= 4 is 17.9 Å². The van der Waals surface area contributed by atoms with Crippen molar-refractivity contribution in [3.8, 4) is 0 Å². The van der Waals surface area contributed by atoms with Crippen molar-refractivity contribution < 1.29 is 38.2 Å². The number of likely N-dealkylation sites (N-methyl/N-ethyl adjacent to an activating group) is 1. The summed E-state index contributed by atoms with van der Waals surface area (Å²) in [5.74, 6) is -1.78. The molecule has 0 aromatic carbocycles. The number of carboxylic acid groups (broad SMARTS) is 1. The number of carbonyl (C=O) groups is 3. The Hall–Kier alpha value is -3.23. The first kappa shape index (κ1) is 58.8. The first-order valence-electron chi connectivity index (χ1n) is 25.0. The van der Waals surface area contributed by atoms with Crippen LogP contribution >= 0.6 is 0 Å². The monoisotopic (exact) mass is 868 g/mol. The fourth-order valence-electron chi connectivity index (χ4n) is 6.97. The molecule has 0 fully saturated rings. The van der Waals surface area contributed by atoms with Gasteiger partial charge < -0.3 is 28.6 Å². The lowest BCUT2D eigenvalue weighted by Gasteiger charge is -2.34. The van der Waals surface area contributed by atoms with Gasteiger partial charge in [-0.1, -0.05) is 170 Å². The van der Waals surface area contributed by atoms with E-state index in [1.165, 1.54) is 89.9 Å². The molecule has 0 spiro atoms. The molecule has 0 radical (unpaired) electrons. The first-order valence-corrected chi connectivity index (χ1v) is 25.0. The second-order valence-corrected chi connectivity index (χ2v) is 17.7. The minimum absolute atomic E-state index is 0.0238. The van der Waals surface area contributed by atoms with Crippen molar-refractivity contribution in [1.29, 1.82) is 0 Å². The highest BCUT2D eigenvalue weighted by molar-refractivity contribution is 5.70. The number of unbranched alkanes of at least 4 members (excludes halogenated alkanes) is 18. The Kier molecular flexibility index (Phi) is 42.1. The second kappa shape index (κ2) is 44.4. The number of carbonyl (C=O) groups excluding carboxylic acids is 3. The average molecular weight is 868 g/mol. The van der Waals surface area contributed by atoms with Gasteiger partial charge in [0.25, 0.3) is 0 Å². The molecule has 8 nitrogen and oxygen atoms in total. The summed E-state index contributed by atoms with van der Waals surface area (Å²) in [6, 6.07) is -0.736. The highest BCUT2D eigenvalue weighted by atomic mass is 16.6. The number of hydrogen-bond donors (Lipinski definition) is 0. The highest BCUT2D eigenvalue weighted by Crippen LogP contribution is 2.14. The van der Waals surface area contributed by atoms with Crippen molar-refractivity contribution in [2.24, 2.45) is 0 Å². The van der Waals surface area contributed by atoms with Gasteiger partial charge in [-0.2, -0.15) is 0 Å². The van der Waals surface area contributed by atoms with Crippen LogP contribution in [0.3, 0.4) is 0 Å². The summed E-state index contributed by atoms with van der Waals surface area (Å²) in [6.07, 6.45) is 56.4. The maximum atomic E-state index is 12.8. The fourth-order valence-corrected chi connectivity index (χ4v) is 6.97. The molecule has 0 aromatic rings. The Bertz CT molecular complexity index is 1240. The molecule has 62 heavy (non-hydrogen) atoms. The van der Waals surface area contributed by atoms with Crippen LogP contribution in [0.25, 0.3) is 0 Å². The SMILES string of the molecule is CC/C=C\C/C=C\C/C=C\C/C=C\C/C=C\CCCCCC(=O)OC(COCCC(C(=O)[O-])[N+](C)(C)C)COC(=O)CCCCCCCCCCC/C=C\CCCCCCCC. The molecule has 0 aromatic heterocycles. The Labute approximate surface area is 381 Å². The first-order chi connectivity index (χ1) is 30.1. The third kappa shape index (κ3) is 42.1. The van der Waals surface area contributed by atoms with Crippen LogP contribution in [0.5, 0.6) is 0 Å². The highest BCUT2D eigenvalue weighted by Gasteiger charge is 2.25. The molecule has 2 unspecified atom stereocenters. The summed E-state index contributed by atoms with van der Waals surface area (Å²) < 4.78 is 17.2. The van der Waals surface area contributed by atoms with Crippen molar-refractivity contribution in [3.63, 3.8) is 0 Å². The fraction of sp³-hybridized carbons (Fsp3) is 0.722. The topological polar surface area (TPSA) is 102 Å². The van der Waals surface area contributed by atoms with E-state index >= 15 is 0 Å². The molecule has 0 amide bonds. The zero-order valence-electron chi connectivity index (χ0n) is 40.5. The van der Waals surface area contributed by atoms with E-state index < -0.39 is 18.1 Å². The predicted molar refractivity (Wildman–Crippen MR) is 259 cm³/mol. The molecule has 2 atom stereocenters. The Morgan fingerprint density at radius 2 is 0.903 bits per heavy atom. The van der Waals surface area contributed by atoms with Crippen molar-refractivity contribution in [3.05, 3.63) is 72.9 Å². The third-order valence-electron chi connectivity index (χ3n) is 10.8. The van der Waals surface area contributed by atoms with E-state index in [0.717, 1.165) is 70.6 Å². The quantitative estimate of drug-likeness (QED) is 0.0260. The number of quaternary nitrogens is 1. The van der Waals surface area contributed by atoms with Gasteiger partial charge in [-0.15, -0.1) is 0 Å². The van der Waals surface area contributed by atoms with Gasteiger partial charge in [0.05, 0.1) is 40.3 Å². The summed E-state index contributed by atoms with van der Waals surface area (Å²) in [7, 11) is 5.40. The van der Waals surface area contributed by atoms with Crippen molar-refractivity contribution in [1.82, 2.24) is 0 Å². The molecule has 0 rings (SSSR count). The summed E-state index contributed by atoms with van der Waals surface area (Å²) in [4.78, 5) is 37.0. The lowest BCUT2D eigenvalue weighted by molar-refractivity contribution is -0.889. The average Bonchev–Trinajstić information content (AvgIpc) is 3.23. The molecule has 0 aliphatic carbocycles. The smallest absolute Gasteiger partial charge is 0.306 e. The number of aliphatic carboxylic acids is 1. The Morgan fingerprint density at radius 3 is 1.37 bits per heavy atom. The van der Waals surface area contributed by atoms with E-state index in [-0.39, 0.29) is 49.1 Å². The summed E-state index contributed by atoms with van der Waals surface area (Å²) in [5, 5.41) is 11.7. The van der Waals surface area contributed by atoms with Crippen LogP contribution in [0, 0.1) is 0 Å². The summed E-state index contributed by atoms with van der Waals surface area (Å²) in [6.45, 7) is 4.51. The van der Waals surface area contributed by atoms with E-state index in [1.54, 1.807) is 21.1 Å². The van der Waals surface area contributed by atoms with Crippen LogP contribution in [-0.4, -0.2) is 75.5 Å². The number of nitrogens with zero attached hydrogens (tertiary/aromatic N) is 1. The van der Waals surface area contributed by atoms with Crippen LogP contribution in [0.4, 0.5) is 0 Å². The van der Waals surface area contributed by atoms with Crippen LogP contribution in [0.2, 0.25) is 0 Å². The minimum Gasteiger partial charge on any atom is -0.544 e. The van der Waals surface area contributed by atoms with E-state index in [4.69, 9.17) is 14.2 Å². The molecule has 0 aliphatic heterocycles. The van der Waals surface area contributed by atoms with E-state index in [9.17, 15) is 19.5 Å². The lowest BCUT2D eigenvalue weighted by Crippen LogP contribution is -2.55. The van der Waals surface area contributed by atoms with Gasteiger partial charge in [0, 0.05) is 19.3 Å².